The number of nitrogens with zero attached hydrogens (tertiary/aromatic N) is 4. The van der Waals surface area contributed by atoms with Gasteiger partial charge in [-0.3, -0.25) is 19.4 Å². The second-order valence-corrected chi connectivity index (χ2v) is 14.2. The number of aliphatic carboxylic acids is 1. The Labute approximate surface area is 286 Å². The number of carboxylic acids is 1. The van der Waals surface area contributed by atoms with Crippen LogP contribution in [0.3, 0.4) is 0 Å². The van der Waals surface area contributed by atoms with E-state index in [0.717, 1.165) is 41.1 Å². The van der Waals surface area contributed by atoms with Crippen LogP contribution in [-0.4, -0.2) is 85.6 Å². The largest absolute Gasteiger partial charge is 0.490 e. The molecule has 1 saturated carbocycles. The summed E-state index contributed by atoms with van der Waals surface area (Å²) in [6.07, 6.45) is -0.252. The number of sulfone groups is 1. The molecule has 266 valence electrons. The van der Waals surface area contributed by atoms with E-state index in [9.17, 15) is 41.2 Å². The molecule has 2 aliphatic rings. The Morgan fingerprint density at radius 3 is 2.34 bits per heavy atom. The Morgan fingerprint density at radius 2 is 1.78 bits per heavy atom. The lowest BCUT2D eigenvalue weighted by Crippen LogP contribution is -2.60. The van der Waals surface area contributed by atoms with E-state index in [1.807, 2.05) is 30.5 Å². The number of amides is 3. The van der Waals surface area contributed by atoms with Crippen molar-refractivity contribution in [2.24, 2.45) is 0 Å². The molecule has 1 fully saturated rings. The number of halogens is 3. The highest BCUT2D eigenvalue weighted by molar-refractivity contribution is 7.91. The molecule has 13 nitrogen and oxygen atoms in total. The van der Waals surface area contributed by atoms with Gasteiger partial charge in [-0.2, -0.15) is 18.4 Å². The van der Waals surface area contributed by atoms with Gasteiger partial charge in [0, 0.05) is 17.8 Å². The van der Waals surface area contributed by atoms with E-state index >= 15 is 0 Å². The molecule has 3 N–H and O–H groups in total. The lowest BCUT2D eigenvalue weighted by atomic mass is 9.99. The number of hydrogen-bond acceptors (Lipinski definition) is 9. The third kappa shape index (κ3) is 8.55. The summed E-state index contributed by atoms with van der Waals surface area (Å²) in [5, 5.41) is 23.4. The maximum Gasteiger partial charge on any atom is 0.490 e. The molecule has 2 aromatic carbocycles. The molecule has 0 bridgehead atoms. The highest BCUT2D eigenvalue weighted by atomic mass is 32.2. The van der Waals surface area contributed by atoms with Crippen LogP contribution in [0.5, 0.6) is 0 Å². The number of nitriles is 1. The van der Waals surface area contributed by atoms with Crippen molar-refractivity contribution in [3.05, 3.63) is 65.4 Å². The summed E-state index contributed by atoms with van der Waals surface area (Å²) in [4.78, 5) is 57.7. The standard InChI is InChI=1S/C31H34N6O5S.C2HF3O2/c1-18(33-3)30(39)35-29-19(2)37(28(38)17-43(4,41)42)27-13-20(14-32)9-12-26(27)36(31(29)40)16-24-22-7-5-6-8-25(22)34-15-23(24)21-10-11-21;3-2(4,5)1(6)7/h5-9,12-13,15,18-19,21,29,33H,10-11,16-17H2,1-4H3,(H,35,39);(H,6,7)/t18?,19-,29-;/m0./s1. The van der Waals surface area contributed by atoms with Crippen LogP contribution in [0, 0.1) is 11.3 Å². The average Bonchev–Trinajstić information content (AvgIpc) is 3.90. The first-order valence-corrected chi connectivity index (χ1v) is 17.4. The quantitative estimate of drug-likeness (QED) is 0.313. The fraction of sp³-hybridized carbons (Fsp3) is 0.394. The number of anilines is 2. The van der Waals surface area contributed by atoms with Crippen molar-refractivity contribution in [1.82, 2.24) is 15.6 Å². The number of rotatable bonds is 8. The van der Waals surface area contributed by atoms with Crippen LogP contribution < -0.4 is 20.4 Å². The monoisotopic (exact) mass is 716 g/mol. The predicted octanol–water partition coefficient (Wildman–Crippen LogP) is 3.02. The van der Waals surface area contributed by atoms with E-state index in [0.29, 0.717) is 11.6 Å². The number of benzene rings is 2. The van der Waals surface area contributed by atoms with Gasteiger partial charge >= 0.3 is 12.1 Å². The molecule has 0 spiro atoms. The number of aromatic nitrogens is 1. The summed E-state index contributed by atoms with van der Waals surface area (Å²) in [5.41, 5.74) is 3.50. The Hall–Kier alpha value is -5.08. The lowest BCUT2D eigenvalue weighted by molar-refractivity contribution is -0.192. The Morgan fingerprint density at radius 1 is 1.14 bits per heavy atom. The zero-order valence-corrected chi connectivity index (χ0v) is 28.3. The summed E-state index contributed by atoms with van der Waals surface area (Å²) in [5.74, 6) is -4.95. The van der Waals surface area contributed by atoms with E-state index in [4.69, 9.17) is 9.90 Å². The van der Waals surface area contributed by atoms with Crippen LogP contribution in [0.4, 0.5) is 24.5 Å². The fourth-order valence-electron chi connectivity index (χ4n) is 5.58. The number of pyridine rings is 1. The molecule has 1 aromatic heterocycles. The van der Waals surface area contributed by atoms with Gasteiger partial charge in [-0.15, -0.1) is 0 Å². The minimum atomic E-state index is -5.08. The molecule has 1 aliphatic heterocycles. The first kappa shape index (κ1) is 37.7. The third-order valence-electron chi connectivity index (χ3n) is 8.35. The van der Waals surface area contributed by atoms with E-state index < -0.39 is 63.6 Å². The number of fused-ring (bicyclic) bond motifs is 2. The molecule has 3 amide bonds. The van der Waals surface area contributed by atoms with Crippen molar-refractivity contribution >= 4 is 55.8 Å². The van der Waals surface area contributed by atoms with Gasteiger partial charge in [-0.05, 0) is 75.0 Å². The van der Waals surface area contributed by atoms with Gasteiger partial charge in [0.05, 0.1) is 47.2 Å². The van der Waals surface area contributed by atoms with Crippen molar-refractivity contribution in [3.63, 3.8) is 0 Å². The van der Waals surface area contributed by atoms with Gasteiger partial charge in [-0.25, -0.2) is 13.2 Å². The fourth-order valence-corrected chi connectivity index (χ4v) is 6.17. The lowest BCUT2D eigenvalue weighted by Gasteiger charge is -2.32. The van der Waals surface area contributed by atoms with Gasteiger partial charge in [-0.1, -0.05) is 18.2 Å². The van der Waals surface area contributed by atoms with E-state index in [2.05, 4.69) is 21.7 Å². The van der Waals surface area contributed by atoms with Crippen LogP contribution in [0.25, 0.3) is 10.9 Å². The van der Waals surface area contributed by atoms with Crippen molar-refractivity contribution in [2.75, 3.05) is 28.9 Å². The number of carbonyl (C=O) groups excluding carboxylic acids is 3. The van der Waals surface area contributed by atoms with E-state index in [1.54, 1.807) is 33.0 Å². The summed E-state index contributed by atoms with van der Waals surface area (Å²) in [6.45, 7) is 3.35. The number of alkyl halides is 3. The molecule has 3 atom stereocenters. The minimum absolute atomic E-state index is 0.112. The summed E-state index contributed by atoms with van der Waals surface area (Å²) in [7, 11) is -2.14. The molecular weight excluding hydrogens is 681 g/mol. The van der Waals surface area contributed by atoms with Crippen LogP contribution in [-0.2, 0) is 35.6 Å². The molecule has 0 saturated heterocycles. The molecule has 5 rings (SSSR count). The molecule has 1 unspecified atom stereocenters. The zero-order chi connectivity index (χ0) is 37.1. The number of nitrogens with one attached hydrogen (secondary N) is 2. The van der Waals surface area contributed by atoms with Crippen molar-refractivity contribution in [2.45, 2.75) is 63.5 Å². The van der Waals surface area contributed by atoms with Crippen molar-refractivity contribution in [3.8, 4) is 6.07 Å². The maximum absolute atomic E-state index is 14.6. The van der Waals surface area contributed by atoms with Gasteiger partial charge in [0.15, 0.2) is 9.84 Å². The summed E-state index contributed by atoms with van der Waals surface area (Å²) in [6, 6.07) is 11.5. The number of carbonyl (C=O) groups is 4. The highest BCUT2D eigenvalue weighted by Gasteiger charge is 2.44. The number of likely N-dealkylation sites (N-methyl/N-ethyl adjacent to an activating group) is 1. The summed E-state index contributed by atoms with van der Waals surface area (Å²) >= 11 is 0. The SMILES string of the molecule is CNC(C)C(=O)N[C@@H]1C(=O)N(Cc2c(C3CC3)cnc3ccccc23)c2ccc(C#N)cc2N(C(=O)CS(C)(=O)=O)[C@H]1C.O=C(O)C(F)(F)F. The number of carboxylic acid groups (broad SMARTS) is 1. The van der Waals surface area contributed by atoms with Gasteiger partial charge < -0.3 is 25.5 Å². The summed E-state index contributed by atoms with van der Waals surface area (Å²) < 4.78 is 56.2. The van der Waals surface area contributed by atoms with Crippen molar-refractivity contribution in [1.29, 1.82) is 5.26 Å². The Kier molecular flexibility index (Phi) is 11.2. The van der Waals surface area contributed by atoms with Crippen LogP contribution in [0.15, 0.2) is 48.7 Å². The normalized spacial score (nSPS) is 18.2. The maximum atomic E-state index is 14.6. The predicted molar refractivity (Wildman–Crippen MR) is 177 cm³/mol. The van der Waals surface area contributed by atoms with Crippen LogP contribution in [0.1, 0.15) is 49.3 Å². The molecule has 17 heteroatoms. The first-order chi connectivity index (χ1) is 23.4. The molecule has 3 aromatic rings. The van der Waals surface area contributed by atoms with E-state index in [1.165, 1.54) is 15.9 Å². The van der Waals surface area contributed by atoms with E-state index in [-0.39, 0.29) is 17.8 Å². The minimum Gasteiger partial charge on any atom is -0.475 e. The first-order valence-electron chi connectivity index (χ1n) is 15.4. The molecule has 50 heavy (non-hydrogen) atoms. The van der Waals surface area contributed by atoms with Crippen LogP contribution >= 0.6 is 0 Å². The van der Waals surface area contributed by atoms with Gasteiger partial charge in [0.25, 0.3) is 5.91 Å². The molecular formula is C33H35F3N6O7S. The topological polar surface area (TPSA) is 190 Å². The number of para-hydroxylation sites is 1. The average molecular weight is 717 g/mol. The zero-order valence-electron chi connectivity index (χ0n) is 27.5. The number of hydrogen-bond donors (Lipinski definition) is 3. The van der Waals surface area contributed by atoms with Crippen LogP contribution in [0.2, 0.25) is 0 Å². The Balaban J connectivity index is 0.000000727. The highest BCUT2D eigenvalue weighted by Crippen LogP contribution is 2.44. The van der Waals surface area contributed by atoms with Gasteiger partial charge in [0.2, 0.25) is 11.8 Å². The second-order valence-electron chi connectivity index (χ2n) is 12.1. The third-order valence-corrected chi connectivity index (χ3v) is 9.12. The molecule has 1 aliphatic carbocycles. The van der Waals surface area contributed by atoms with Crippen molar-refractivity contribution < 1.29 is 45.9 Å². The van der Waals surface area contributed by atoms with Gasteiger partial charge in [0.1, 0.15) is 11.8 Å². The second kappa shape index (κ2) is 14.8. The molecule has 0 radical (unpaired) electrons. The smallest absolute Gasteiger partial charge is 0.475 e. The Bertz CT molecular complexity index is 1980. The molecule has 2 heterocycles.